The van der Waals surface area contributed by atoms with Gasteiger partial charge in [-0.1, -0.05) is 23.8 Å². The van der Waals surface area contributed by atoms with E-state index in [9.17, 15) is 4.79 Å². The van der Waals surface area contributed by atoms with Crippen molar-refractivity contribution in [1.29, 1.82) is 0 Å². The highest BCUT2D eigenvalue weighted by atomic mass is 16.1. The zero-order chi connectivity index (χ0) is 21.4. The molecule has 0 radical (unpaired) electrons. The highest BCUT2D eigenvalue weighted by molar-refractivity contribution is 6.13. The molecule has 0 bridgehead atoms. The van der Waals surface area contributed by atoms with Gasteiger partial charge in [-0.05, 0) is 74.9 Å². The summed E-state index contributed by atoms with van der Waals surface area (Å²) in [5, 5.41) is 4.08. The Morgan fingerprint density at radius 2 is 1.87 bits per heavy atom. The SMILES string of the molecule is Cc1ccc2nc3c(c(C(=O)Nc4ccc(Cn5ccnc5C)cc4)c2c1)CCCC3. The largest absolute Gasteiger partial charge is 0.331 e. The molecule has 5 nitrogen and oxygen atoms in total. The average molecular weight is 411 g/mol. The van der Waals surface area contributed by atoms with Crippen molar-refractivity contribution < 1.29 is 4.79 Å². The topological polar surface area (TPSA) is 59.8 Å². The fourth-order valence-corrected chi connectivity index (χ4v) is 4.45. The van der Waals surface area contributed by atoms with Crippen molar-refractivity contribution in [2.75, 3.05) is 5.32 Å². The van der Waals surface area contributed by atoms with Crippen molar-refractivity contribution in [2.24, 2.45) is 0 Å². The fraction of sp³-hybridized carbons (Fsp3) is 0.269. The number of imidazole rings is 1. The second-order valence-electron chi connectivity index (χ2n) is 8.39. The van der Waals surface area contributed by atoms with E-state index in [1.165, 1.54) is 5.56 Å². The molecule has 0 saturated heterocycles. The third kappa shape index (κ3) is 3.83. The number of hydrogen-bond donors (Lipinski definition) is 1. The fourth-order valence-electron chi connectivity index (χ4n) is 4.45. The first kappa shape index (κ1) is 19.5. The van der Waals surface area contributed by atoms with Gasteiger partial charge in [0.05, 0.1) is 11.1 Å². The van der Waals surface area contributed by atoms with Gasteiger partial charge in [0.25, 0.3) is 5.91 Å². The van der Waals surface area contributed by atoms with Crippen LogP contribution >= 0.6 is 0 Å². The lowest BCUT2D eigenvalue weighted by atomic mass is 9.89. The molecule has 5 rings (SSSR count). The van der Waals surface area contributed by atoms with Gasteiger partial charge in [-0.2, -0.15) is 0 Å². The van der Waals surface area contributed by atoms with Crippen LogP contribution in [0.15, 0.2) is 54.9 Å². The van der Waals surface area contributed by atoms with Gasteiger partial charge in [-0.3, -0.25) is 9.78 Å². The lowest BCUT2D eigenvalue weighted by Crippen LogP contribution is -2.19. The number of hydrogen-bond acceptors (Lipinski definition) is 3. The summed E-state index contributed by atoms with van der Waals surface area (Å²) in [6.07, 6.45) is 7.89. The van der Waals surface area contributed by atoms with Crippen molar-refractivity contribution in [3.05, 3.63) is 88.6 Å². The zero-order valence-electron chi connectivity index (χ0n) is 18.0. The quantitative estimate of drug-likeness (QED) is 0.501. The number of aryl methyl sites for hydroxylation is 3. The molecule has 156 valence electrons. The highest BCUT2D eigenvalue weighted by Crippen LogP contribution is 2.30. The molecule has 2 aromatic heterocycles. The van der Waals surface area contributed by atoms with Gasteiger partial charge in [0.2, 0.25) is 0 Å². The van der Waals surface area contributed by atoms with Crippen molar-refractivity contribution in [2.45, 2.75) is 46.1 Å². The molecule has 1 aliphatic rings. The van der Waals surface area contributed by atoms with Crippen LogP contribution in [0, 0.1) is 13.8 Å². The van der Waals surface area contributed by atoms with Crippen LogP contribution in [0.4, 0.5) is 5.69 Å². The van der Waals surface area contributed by atoms with Crippen molar-refractivity contribution >= 4 is 22.5 Å². The van der Waals surface area contributed by atoms with Gasteiger partial charge >= 0.3 is 0 Å². The zero-order valence-corrected chi connectivity index (χ0v) is 18.0. The minimum absolute atomic E-state index is 0.0469. The van der Waals surface area contributed by atoms with E-state index in [2.05, 4.69) is 46.1 Å². The van der Waals surface area contributed by atoms with Crippen LogP contribution in [0.1, 0.15) is 51.4 Å². The van der Waals surface area contributed by atoms with Gasteiger partial charge in [0.1, 0.15) is 5.82 Å². The van der Waals surface area contributed by atoms with Gasteiger partial charge in [0, 0.05) is 35.7 Å². The maximum atomic E-state index is 13.4. The summed E-state index contributed by atoms with van der Waals surface area (Å²) in [5.74, 6) is 0.941. The highest BCUT2D eigenvalue weighted by Gasteiger charge is 2.22. The minimum atomic E-state index is -0.0469. The van der Waals surface area contributed by atoms with Crippen LogP contribution in [0.5, 0.6) is 0 Å². The first-order chi connectivity index (χ1) is 15.1. The molecule has 0 aliphatic heterocycles. The number of nitrogens with one attached hydrogen (secondary N) is 1. The molecule has 31 heavy (non-hydrogen) atoms. The van der Waals surface area contributed by atoms with Gasteiger partial charge in [-0.15, -0.1) is 0 Å². The lowest BCUT2D eigenvalue weighted by molar-refractivity contribution is 0.102. The predicted molar refractivity (Wildman–Crippen MR) is 124 cm³/mol. The number of rotatable bonds is 4. The number of anilines is 1. The van der Waals surface area contributed by atoms with E-state index in [0.717, 1.165) is 77.0 Å². The molecule has 5 heteroatoms. The number of amides is 1. The van der Waals surface area contributed by atoms with Crippen LogP contribution in [-0.4, -0.2) is 20.4 Å². The summed E-state index contributed by atoms with van der Waals surface area (Å²) >= 11 is 0. The predicted octanol–water partition coefficient (Wildman–Crippen LogP) is 5.23. The normalized spacial score (nSPS) is 13.2. The van der Waals surface area contributed by atoms with Crippen LogP contribution < -0.4 is 5.32 Å². The molecule has 1 aliphatic carbocycles. The van der Waals surface area contributed by atoms with Gasteiger partial charge < -0.3 is 9.88 Å². The first-order valence-corrected chi connectivity index (χ1v) is 10.9. The number of aromatic nitrogens is 3. The Hall–Kier alpha value is -3.47. The Kier molecular flexibility index (Phi) is 5.02. The smallest absolute Gasteiger partial charge is 0.256 e. The second-order valence-corrected chi connectivity index (χ2v) is 8.39. The average Bonchev–Trinajstić information content (AvgIpc) is 3.17. The Bertz CT molecular complexity index is 1270. The van der Waals surface area contributed by atoms with Crippen LogP contribution in [0.25, 0.3) is 10.9 Å². The second kappa shape index (κ2) is 7.99. The molecular formula is C26H26N4O. The maximum absolute atomic E-state index is 13.4. The van der Waals surface area contributed by atoms with Crippen molar-refractivity contribution in [3.63, 3.8) is 0 Å². The van der Waals surface area contributed by atoms with Crippen molar-refractivity contribution in [1.82, 2.24) is 14.5 Å². The summed E-state index contributed by atoms with van der Waals surface area (Å²) < 4.78 is 2.10. The van der Waals surface area contributed by atoms with Crippen LogP contribution in [-0.2, 0) is 19.4 Å². The Morgan fingerprint density at radius 3 is 2.65 bits per heavy atom. The maximum Gasteiger partial charge on any atom is 0.256 e. The van der Waals surface area contributed by atoms with Gasteiger partial charge in [0.15, 0.2) is 0 Å². The molecular weight excluding hydrogens is 384 g/mol. The Balaban J connectivity index is 1.45. The number of carbonyl (C=O) groups is 1. The third-order valence-corrected chi connectivity index (χ3v) is 6.13. The standard InChI is InChI=1S/C26H26N4O/c1-17-7-12-24-22(15-17)25(21-5-3-4-6-23(21)29-24)26(31)28-20-10-8-19(9-11-20)16-30-14-13-27-18(30)2/h7-15H,3-6,16H2,1-2H3,(H,28,31). The van der Waals surface area contributed by atoms with Gasteiger partial charge in [-0.25, -0.2) is 4.98 Å². The molecule has 1 N–H and O–H groups in total. The van der Waals surface area contributed by atoms with E-state index in [0.29, 0.717) is 0 Å². The van der Waals surface area contributed by atoms with E-state index >= 15 is 0 Å². The number of pyridine rings is 1. The van der Waals surface area contributed by atoms with E-state index in [1.54, 1.807) is 0 Å². The summed E-state index contributed by atoms with van der Waals surface area (Å²) in [4.78, 5) is 22.6. The molecule has 1 amide bonds. The van der Waals surface area contributed by atoms with E-state index < -0.39 is 0 Å². The van der Waals surface area contributed by atoms with Crippen LogP contribution in [0.3, 0.4) is 0 Å². The minimum Gasteiger partial charge on any atom is -0.331 e. The Labute approximate surface area is 182 Å². The molecule has 0 spiro atoms. The summed E-state index contributed by atoms with van der Waals surface area (Å²) in [6, 6.07) is 14.2. The molecule has 0 saturated carbocycles. The molecule has 2 heterocycles. The van der Waals surface area contributed by atoms with E-state index in [-0.39, 0.29) is 5.91 Å². The molecule has 4 aromatic rings. The van der Waals surface area contributed by atoms with E-state index in [4.69, 9.17) is 4.98 Å². The number of carbonyl (C=O) groups excluding carboxylic acids is 1. The number of fused-ring (bicyclic) bond motifs is 2. The van der Waals surface area contributed by atoms with E-state index in [1.807, 2.05) is 37.5 Å². The monoisotopic (exact) mass is 410 g/mol. The number of nitrogens with zero attached hydrogens (tertiary/aromatic N) is 3. The molecule has 0 atom stereocenters. The summed E-state index contributed by atoms with van der Waals surface area (Å²) in [5.41, 5.74) is 7.01. The molecule has 0 fully saturated rings. The lowest BCUT2D eigenvalue weighted by Gasteiger charge is -2.20. The number of benzene rings is 2. The summed E-state index contributed by atoms with van der Waals surface area (Å²) in [7, 11) is 0. The molecule has 0 unspecified atom stereocenters. The first-order valence-electron chi connectivity index (χ1n) is 10.9. The molecule has 2 aromatic carbocycles. The summed E-state index contributed by atoms with van der Waals surface area (Å²) in [6.45, 7) is 4.82. The third-order valence-electron chi connectivity index (χ3n) is 6.13. The van der Waals surface area contributed by atoms with Crippen LogP contribution in [0.2, 0.25) is 0 Å². The Morgan fingerprint density at radius 1 is 1.06 bits per heavy atom. The van der Waals surface area contributed by atoms with Crippen molar-refractivity contribution in [3.8, 4) is 0 Å².